The van der Waals surface area contributed by atoms with Crippen LogP contribution in [0.5, 0.6) is 0 Å². The molecule has 8 nitrogen and oxygen atoms in total. The fraction of sp³-hybridized carbons (Fsp3) is 0.615. The van der Waals surface area contributed by atoms with Gasteiger partial charge in [0.15, 0.2) is 5.69 Å². The van der Waals surface area contributed by atoms with E-state index in [2.05, 4.69) is 27.2 Å². The van der Waals surface area contributed by atoms with Gasteiger partial charge >= 0.3 is 5.97 Å². The lowest BCUT2D eigenvalue weighted by Gasteiger charge is -2.33. The topological polar surface area (TPSA) is 90.8 Å². The molecule has 1 aromatic heterocycles. The number of nitrogens with one attached hydrogen (secondary N) is 1. The van der Waals surface area contributed by atoms with Gasteiger partial charge in [-0.05, 0) is 7.05 Å². The lowest BCUT2D eigenvalue weighted by molar-refractivity contribution is 0.0209. The lowest BCUT2D eigenvalue weighted by atomic mass is 10.2. The third-order valence-electron chi connectivity index (χ3n) is 3.71. The zero-order valence-corrected chi connectivity index (χ0v) is 11.9. The largest absolute Gasteiger partial charge is 0.477 e. The van der Waals surface area contributed by atoms with Gasteiger partial charge in [0.1, 0.15) is 5.82 Å². The summed E-state index contributed by atoms with van der Waals surface area (Å²) in [7, 11) is 2.06. The standard InChI is InChI=1S/C13H19N5O3/c1-17-2-4-18(5-3-17)13-15-10(12(19)20)6-11(16-13)14-9-7-21-8-9/h6,9H,2-5,7-8H2,1H3,(H,19,20)(H,14,15,16). The summed E-state index contributed by atoms with van der Waals surface area (Å²) in [4.78, 5) is 24.1. The van der Waals surface area contributed by atoms with E-state index in [9.17, 15) is 9.90 Å². The zero-order valence-electron chi connectivity index (χ0n) is 11.9. The first-order valence-corrected chi connectivity index (χ1v) is 7.02. The molecule has 0 spiro atoms. The Bertz CT molecular complexity index is 527. The highest BCUT2D eigenvalue weighted by Crippen LogP contribution is 2.18. The van der Waals surface area contributed by atoms with Crippen molar-refractivity contribution in [3.8, 4) is 0 Å². The SMILES string of the molecule is CN1CCN(c2nc(NC3COC3)cc(C(=O)O)n2)CC1. The van der Waals surface area contributed by atoms with Gasteiger partial charge in [0.2, 0.25) is 5.95 Å². The summed E-state index contributed by atoms with van der Waals surface area (Å²) in [5, 5.41) is 12.4. The molecule has 2 N–H and O–H groups in total. The van der Waals surface area contributed by atoms with Crippen LogP contribution in [-0.4, -0.2) is 78.4 Å². The number of likely N-dealkylation sites (N-methyl/N-ethyl adjacent to an activating group) is 1. The summed E-state index contributed by atoms with van der Waals surface area (Å²) in [6.45, 7) is 4.67. The summed E-state index contributed by atoms with van der Waals surface area (Å²) < 4.78 is 5.10. The molecule has 8 heteroatoms. The molecule has 0 aliphatic carbocycles. The Kier molecular flexibility index (Phi) is 3.89. The average molecular weight is 293 g/mol. The Labute approximate surface area is 122 Å². The van der Waals surface area contributed by atoms with Crippen molar-refractivity contribution >= 4 is 17.7 Å². The van der Waals surface area contributed by atoms with E-state index in [4.69, 9.17) is 4.74 Å². The minimum Gasteiger partial charge on any atom is -0.477 e. The molecule has 0 aromatic carbocycles. The number of nitrogens with zero attached hydrogens (tertiary/aromatic N) is 4. The van der Waals surface area contributed by atoms with E-state index < -0.39 is 5.97 Å². The van der Waals surface area contributed by atoms with Crippen LogP contribution in [-0.2, 0) is 4.74 Å². The molecule has 21 heavy (non-hydrogen) atoms. The molecule has 2 saturated heterocycles. The van der Waals surface area contributed by atoms with Crippen molar-refractivity contribution in [2.75, 3.05) is 56.7 Å². The summed E-state index contributed by atoms with van der Waals surface area (Å²) in [6.07, 6.45) is 0. The van der Waals surface area contributed by atoms with Crippen molar-refractivity contribution in [1.82, 2.24) is 14.9 Å². The number of hydrogen-bond acceptors (Lipinski definition) is 7. The minimum atomic E-state index is -1.04. The molecule has 114 valence electrons. The van der Waals surface area contributed by atoms with Gasteiger partial charge in [0.05, 0.1) is 19.3 Å². The smallest absolute Gasteiger partial charge is 0.354 e. The first-order chi connectivity index (χ1) is 10.1. The van der Waals surface area contributed by atoms with Crippen LogP contribution in [0.15, 0.2) is 6.07 Å². The van der Waals surface area contributed by atoms with Crippen LogP contribution >= 0.6 is 0 Å². The molecular weight excluding hydrogens is 274 g/mol. The molecule has 2 aliphatic rings. The van der Waals surface area contributed by atoms with E-state index in [1.807, 2.05) is 4.90 Å². The number of anilines is 2. The quantitative estimate of drug-likeness (QED) is 0.784. The van der Waals surface area contributed by atoms with Crippen LogP contribution in [0, 0.1) is 0 Å². The Balaban J connectivity index is 1.82. The number of carbonyl (C=O) groups is 1. The minimum absolute atomic E-state index is 0.0154. The second kappa shape index (κ2) is 5.82. The Morgan fingerprint density at radius 2 is 2.05 bits per heavy atom. The average Bonchev–Trinajstić information content (AvgIpc) is 2.43. The third-order valence-corrected chi connectivity index (χ3v) is 3.71. The van der Waals surface area contributed by atoms with Crippen molar-refractivity contribution in [2.24, 2.45) is 0 Å². The van der Waals surface area contributed by atoms with E-state index in [1.54, 1.807) is 0 Å². The number of aromatic nitrogens is 2. The van der Waals surface area contributed by atoms with Crippen molar-refractivity contribution in [3.05, 3.63) is 11.8 Å². The Morgan fingerprint density at radius 3 is 2.62 bits per heavy atom. The monoisotopic (exact) mass is 293 g/mol. The predicted molar refractivity (Wildman–Crippen MR) is 76.9 cm³/mol. The second-order valence-corrected chi connectivity index (χ2v) is 5.41. The molecule has 0 saturated carbocycles. The highest BCUT2D eigenvalue weighted by Gasteiger charge is 2.22. The number of carboxylic acid groups (broad SMARTS) is 1. The van der Waals surface area contributed by atoms with Crippen molar-refractivity contribution in [3.63, 3.8) is 0 Å². The van der Waals surface area contributed by atoms with Gasteiger partial charge in [0, 0.05) is 32.2 Å². The Hall–Kier alpha value is -1.93. The summed E-state index contributed by atoms with van der Waals surface area (Å²) in [6, 6.07) is 1.67. The number of carboxylic acids is 1. The van der Waals surface area contributed by atoms with E-state index >= 15 is 0 Å². The lowest BCUT2D eigenvalue weighted by Crippen LogP contribution is -2.45. The van der Waals surface area contributed by atoms with Crippen LogP contribution in [0.3, 0.4) is 0 Å². The summed E-state index contributed by atoms with van der Waals surface area (Å²) in [5.41, 5.74) is 0.0154. The number of aromatic carboxylic acids is 1. The first-order valence-electron chi connectivity index (χ1n) is 7.02. The molecule has 2 aliphatic heterocycles. The van der Waals surface area contributed by atoms with Gasteiger partial charge in [-0.15, -0.1) is 0 Å². The maximum atomic E-state index is 11.2. The van der Waals surface area contributed by atoms with E-state index in [1.165, 1.54) is 6.07 Å². The van der Waals surface area contributed by atoms with Gasteiger partial charge in [-0.1, -0.05) is 0 Å². The number of ether oxygens (including phenoxy) is 1. The van der Waals surface area contributed by atoms with Crippen molar-refractivity contribution in [2.45, 2.75) is 6.04 Å². The van der Waals surface area contributed by atoms with Crippen LogP contribution in [0.4, 0.5) is 11.8 Å². The second-order valence-electron chi connectivity index (χ2n) is 5.41. The van der Waals surface area contributed by atoms with E-state index in [0.717, 1.165) is 26.2 Å². The Morgan fingerprint density at radius 1 is 1.33 bits per heavy atom. The molecule has 0 radical (unpaired) electrons. The summed E-state index contributed by atoms with van der Waals surface area (Å²) >= 11 is 0. The fourth-order valence-corrected chi connectivity index (χ4v) is 2.29. The van der Waals surface area contributed by atoms with Crippen LogP contribution in [0.2, 0.25) is 0 Å². The van der Waals surface area contributed by atoms with E-state index in [0.29, 0.717) is 25.0 Å². The first kappa shape index (κ1) is 14.0. The van der Waals surface area contributed by atoms with Gasteiger partial charge in [-0.25, -0.2) is 9.78 Å². The molecular formula is C13H19N5O3. The molecule has 0 bridgehead atoms. The normalized spacial score (nSPS) is 20.1. The van der Waals surface area contributed by atoms with Crippen LogP contribution in [0.1, 0.15) is 10.5 Å². The van der Waals surface area contributed by atoms with Crippen molar-refractivity contribution < 1.29 is 14.6 Å². The van der Waals surface area contributed by atoms with Crippen LogP contribution < -0.4 is 10.2 Å². The maximum absolute atomic E-state index is 11.2. The number of rotatable bonds is 4. The van der Waals surface area contributed by atoms with Gasteiger partial charge in [-0.2, -0.15) is 4.98 Å². The predicted octanol–water partition coefficient (Wildman–Crippen LogP) is -0.263. The van der Waals surface area contributed by atoms with Crippen molar-refractivity contribution in [1.29, 1.82) is 0 Å². The molecule has 1 aromatic rings. The number of piperazine rings is 1. The fourth-order valence-electron chi connectivity index (χ4n) is 2.29. The summed E-state index contributed by atoms with van der Waals surface area (Å²) in [5.74, 6) is -0.0175. The molecule has 3 rings (SSSR count). The molecule has 0 amide bonds. The van der Waals surface area contributed by atoms with Crippen LogP contribution in [0.25, 0.3) is 0 Å². The third kappa shape index (κ3) is 3.22. The molecule has 2 fully saturated rings. The van der Waals surface area contributed by atoms with E-state index in [-0.39, 0.29) is 11.7 Å². The van der Waals surface area contributed by atoms with Gasteiger partial charge in [0.25, 0.3) is 0 Å². The van der Waals surface area contributed by atoms with Gasteiger partial charge in [-0.3, -0.25) is 0 Å². The molecule has 3 heterocycles. The number of hydrogen-bond donors (Lipinski definition) is 2. The zero-order chi connectivity index (χ0) is 14.8. The highest BCUT2D eigenvalue weighted by atomic mass is 16.5. The van der Waals surface area contributed by atoms with Gasteiger partial charge < -0.3 is 25.0 Å². The molecule has 0 unspecified atom stereocenters. The molecule has 0 atom stereocenters. The maximum Gasteiger partial charge on any atom is 0.354 e. The highest BCUT2D eigenvalue weighted by molar-refractivity contribution is 5.86.